The molecule has 1 amide bonds. The first-order chi connectivity index (χ1) is 9.17. The molecule has 1 aliphatic rings. The average molecular weight is 265 g/mol. The van der Waals surface area contributed by atoms with Crippen LogP contribution in [-0.2, 0) is 6.54 Å². The predicted octanol–water partition coefficient (Wildman–Crippen LogP) is 0.699. The van der Waals surface area contributed by atoms with Crippen LogP contribution in [0.1, 0.15) is 37.2 Å². The van der Waals surface area contributed by atoms with E-state index in [1.54, 1.807) is 4.68 Å². The number of anilines is 1. The molecular weight excluding hydrogens is 242 g/mol. The van der Waals surface area contributed by atoms with Gasteiger partial charge in [0.1, 0.15) is 5.69 Å². The van der Waals surface area contributed by atoms with E-state index < -0.39 is 0 Å². The third-order valence-corrected chi connectivity index (χ3v) is 3.79. The molecule has 19 heavy (non-hydrogen) atoms. The van der Waals surface area contributed by atoms with Crippen LogP contribution in [0.15, 0.2) is 6.20 Å². The highest BCUT2D eigenvalue weighted by molar-refractivity contribution is 5.97. The third-order valence-electron chi connectivity index (χ3n) is 3.79. The van der Waals surface area contributed by atoms with Crippen molar-refractivity contribution in [1.82, 2.24) is 20.0 Å². The number of rotatable bonds is 5. The van der Waals surface area contributed by atoms with Crippen LogP contribution in [0.4, 0.5) is 5.69 Å². The standard InChI is InChI=1S/C13H23N5O/c1-3-17-7-5-6-10(17)8-15-13(19)12-11(14)9-16-18(12)4-2/h9-10H,3-8,14H2,1-2H3,(H,15,19). The number of nitrogens with two attached hydrogens (primary N) is 1. The van der Waals surface area contributed by atoms with Crippen molar-refractivity contribution < 1.29 is 4.79 Å². The molecule has 1 saturated heterocycles. The molecule has 1 aromatic rings. The lowest BCUT2D eigenvalue weighted by Gasteiger charge is -2.22. The third kappa shape index (κ3) is 2.89. The molecular formula is C13H23N5O. The summed E-state index contributed by atoms with van der Waals surface area (Å²) in [6.45, 7) is 7.59. The van der Waals surface area contributed by atoms with E-state index in [4.69, 9.17) is 5.73 Å². The molecule has 0 radical (unpaired) electrons. The maximum absolute atomic E-state index is 12.2. The topological polar surface area (TPSA) is 76.2 Å². The normalized spacial score (nSPS) is 19.8. The van der Waals surface area contributed by atoms with Crippen molar-refractivity contribution >= 4 is 11.6 Å². The Balaban J connectivity index is 1.96. The Kier molecular flexibility index (Phi) is 4.42. The highest BCUT2D eigenvalue weighted by Crippen LogP contribution is 2.16. The Morgan fingerprint density at radius 2 is 2.32 bits per heavy atom. The molecule has 1 aromatic heterocycles. The summed E-state index contributed by atoms with van der Waals surface area (Å²) in [5, 5.41) is 7.07. The van der Waals surface area contributed by atoms with Crippen LogP contribution in [0.5, 0.6) is 0 Å². The summed E-state index contributed by atoms with van der Waals surface area (Å²) in [7, 11) is 0. The van der Waals surface area contributed by atoms with Gasteiger partial charge < -0.3 is 11.1 Å². The Morgan fingerprint density at radius 3 is 3.00 bits per heavy atom. The number of aryl methyl sites for hydroxylation is 1. The fourth-order valence-corrected chi connectivity index (χ4v) is 2.72. The van der Waals surface area contributed by atoms with Crippen molar-refractivity contribution in [3.8, 4) is 0 Å². The van der Waals surface area contributed by atoms with Gasteiger partial charge in [-0.2, -0.15) is 5.10 Å². The minimum atomic E-state index is -0.125. The molecule has 3 N–H and O–H groups in total. The van der Waals surface area contributed by atoms with Crippen LogP contribution >= 0.6 is 0 Å². The number of carbonyl (C=O) groups is 1. The van der Waals surface area contributed by atoms with E-state index >= 15 is 0 Å². The predicted molar refractivity (Wildman–Crippen MR) is 74.9 cm³/mol. The highest BCUT2D eigenvalue weighted by atomic mass is 16.2. The van der Waals surface area contributed by atoms with Gasteiger partial charge in [0.15, 0.2) is 0 Å². The second-order valence-electron chi connectivity index (χ2n) is 4.90. The zero-order valence-corrected chi connectivity index (χ0v) is 11.7. The van der Waals surface area contributed by atoms with Crippen LogP contribution in [-0.4, -0.2) is 46.3 Å². The van der Waals surface area contributed by atoms with Gasteiger partial charge in [-0.05, 0) is 32.9 Å². The molecule has 0 aromatic carbocycles. The summed E-state index contributed by atoms with van der Waals surface area (Å²) in [4.78, 5) is 14.6. The van der Waals surface area contributed by atoms with Gasteiger partial charge in [0.2, 0.25) is 0 Å². The Bertz CT molecular complexity index is 442. The lowest BCUT2D eigenvalue weighted by Crippen LogP contribution is -2.40. The molecule has 0 saturated carbocycles. The van der Waals surface area contributed by atoms with Crippen LogP contribution in [0.2, 0.25) is 0 Å². The summed E-state index contributed by atoms with van der Waals surface area (Å²) >= 11 is 0. The van der Waals surface area contributed by atoms with E-state index in [2.05, 4.69) is 22.2 Å². The molecule has 1 atom stereocenters. The van der Waals surface area contributed by atoms with Gasteiger partial charge in [0.05, 0.1) is 11.9 Å². The number of nitrogen functional groups attached to an aromatic ring is 1. The first-order valence-electron chi connectivity index (χ1n) is 7.00. The Labute approximate surface area is 113 Å². The van der Waals surface area contributed by atoms with Crippen LogP contribution in [0, 0.1) is 0 Å². The van der Waals surface area contributed by atoms with Gasteiger partial charge in [-0.15, -0.1) is 0 Å². The van der Waals surface area contributed by atoms with Crippen LogP contribution in [0.3, 0.4) is 0 Å². The highest BCUT2D eigenvalue weighted by Gasteiger charge is 2.24. The van der Waals surface area contributed by atoms with Crippen molar-refractivity contribution in [3.05, 3.63) is 11.9 Å². The lowest BCUT2D eigenvalue weighted by molar-refractivity contribution is 0.0931. The average Bonchev–Trinajstić information content (AvgIpc) is 3.01. The largest absolute Gasteiger partial charge is 0.396 e. The smallest absolute Gasteiger partial charge is 0.271 e. The van der Waals surface area contributed by atoms with Crippen molar-refractivity contribution in [2.75, 3.05) is 25.4 Å². The number of nitrogens with one attached hydrogen (secondary N) is 1. The quantitative estimate of drug-likeness (QED) is 0.821. The number of amides is 1. The monoisotopic (exact) mass is 265 g/mol. The van der Waals surface area contributed by atoms with E-state index in [1.807, 2.05) is 6.92 Å². The van der Waals surface area contributed by atoms with Crippen LogP contribution in [0.25, 0.3) is 0 Å². The molecule has 0 aliphatic carbocycles. The number of likely N-dealkylation sites (tertiary alicyclic amines) is 1. The van der Waals surface area contributed by atoms with Gasteiger partial charge in [-0.25, -0.2) is 0 Å². The Hall–Kier alpha value is -1.56. The van der Waals surface area contributed by atoms with E-state index in [-0.39, 0.29) is 5.91 Å². The number of carbonyl (C=O) groups excluding carboxylic acids is 1. The molecule has 0 spiro atoms. The zero-order chi connectivity index (χ0) is 13.8. The molecule has 1 unspecified atom stereocenters. The minimum Gasteiger partial charge on any atom is -0.396 e. The molecule has 6 nitrogen and oxygen atoms in total. The number of nitrogens with zero attached hydrogens (tertiary/aromatic N) is 3. The maximum Gasteiger partial charge on any atom is 0.271 e. The number of likely N-dealkylation sites (N-methyl/N-ethyl adjacent to an activating group) is 1. The van der Waals surface area contributed by atoms with Crippen molar-refractivity contribution in [2.45, 2.75) is 39.3 Å². The van der Waals surface area contributed by atoms with Gasteiger partial charge in [-0.3, -0.25) is 14.4 Å². The summed E-state index contributed by atoms with van der Waals surface area (Å²) in [5.41, 5.74) is 6.72. The van der Waals surface area contributed by atoms with Crippen molar-refractivity contribution in [2.24, 2.45) is 0 Å². The molecule has 2 heterocycles. The first-order valence-corrected chi connectivity index (χ1v) is 7.00. The molecule has 106 valence electrons. The lowest BCUT2D eigenvalue weighted by atomic mass is 10.2. The fraction of sp³-hybridized carbons (Fsp3) is 0.692. The minimum absolute atomic E-state index is 0.125. The Morgan fingerprint density at radius 1 is 1.53 bits per heavy atom. The molecule has 1 fully saturated rings. The van der Waals surface area contributed by atoms with Crippen molar-refractivity contribution in [3.63, 3.8) is 0 Å². The second-order valence-corrected chi connectivity index (χ2v) is 4.90. The fourth-order valence-electron chi connectivity index (χ4n) is 2.72. The molecule has 2 rings (SSSR count). The van der Waals surface area contributed by atoms with Crippen LogP contribution < -0.4 is 11.1 Å². The van der Waals surface area contributed by atoms with Gasteiger partial charge in [0, 0.05) is 19.1 Å². The summed E-state index contributed by atoms with van der Waals surface area (Å²) < 4.78 is 1.64. The first kappa shape index (κ1) is 13.9. The summed E-state index contributed by atoms with van der Waals surface area (Å²) in [6, 6.07) is 0.452. The number of hydrogen-bond donors (Lipinski definition) is 2. The van der Waals surface area contributed by atoms with E-state index in [0.29, 0.717) is 30.5 Å². The van der Waals surface area contributed by atoms with E-state index in [9.17, 15) is 4.79 Å². The number of aromatic nitrogens is 2. The van der Waals surface area contributed by atoms with E-state index in [1.165, 1.54) is 12.6 Å². The molecule has 0 bridgehead atoms. The number of hydrogen-bond acceptors (Lipinski definition) is 4. The molecule has 1 aliphatic heterocycles. The van der Waals surface area contributed by atoms with Crippen molar-refractivity contribution in [1.29, 1.82) is 0 Å². The maximum atomic E-state index is 12.2. The van der Waals surface area contributed by atoms with Gasteiger partial charge in [0.25, 0.3) is 5.91 Å². The van der Waals surface area contributed by atoms with Gasteiger partial charge in [-0.1, -0.05) is 6.92 Å². The van der Waals surface area contributed by atoms with E-state index in [0.717, 1.165) is 19.5 Å². The summed E-state index contributed by atoms with van der Waals surface area (Å²) in [5.74, 6) is -0.125. The second kappa shape index (κ2) is 6.06. The molecule has 6 heteroatoms. The van der Waals surface area contributed by atoms with Gasteiger partial charge >= 0.3 is 0 Å². The summed E-state index contributed by atoms with van der Waals surface area (Å²) in [6.07, 6.45) is 3.90. The SMILES string of the molecule is CCN1CCCC1CNC(=O)c1c(N)cnn1CC. The zero-order valence-electron chi connectivity index (χ0n) is 11.7.